The molecule has 234 valence electrons. The van der Waals surface area contributed by atoms with E-state index < -0.39 is 47.3 Å². The SMILES string of the molecule is C[C@]12C[C@H](c3ccc(CNc4ccc(C(=O)O)cc4)cc3)C3=C4CCC(=O)C=C4CC[C@H]3[C@@H]1CC[C@@]2(O)C(F)(F)C(F)(F)F. The van der Waals surface area contributed by atoms with Crippen LogP contribution in [-0.2, 0) is 11.3 Å². The van der Waals surface area contributed by atoms with Crippen molar-refractivity contribution in [3.8, 4) is 0 Å². The summed E-state index contributed by atoms with van der Waals surface area (Å²) in [7, 11) is 0. The quantitative estimate of drug-likeness (QED) is 0.289. The zero-order valence-electron chi connectivity index (χ0n) is 24.2. The number of fused-ring (bicyclic) bond motifs is 4. The van der Waals surface area contributed by atoms with E-state index in [0.717, 1.165) is 33.5 Å². The molecule has 0 aromatic heterocycles. The van der Waals surface area contributed by atoms with Gasteiger partial charge in [-0.25, -0.2) is 4.79 Å². The molecule has 0 unspecified atom stereocenters. The number of alkyl halides is 5. The summed E-state index contributed by atoms with van der Waals surface area (Å²) in [5, 5.41) is 23.7. The molecule has 0 bridgehead atoms. The van der Waals surface area contributed by atoms with Crippen LogP contribution in [0.2, 0.25) is 0 Å². The third-order valence-corrected chi connectivity index (χ3v) is 10.8. The highest BCUT2D eigenvalue weighted by Gasteiger charge is 2.79. The highest BCUT2D eigenvalue weighted by molar-refractivity contribution is 5.93. The Labute approximate surface area is 251 Å². The molecule has 44 heavy (non-hydrogen) atoms. The second-order valence-corrected chi connectivity index (χ2v) is 12.9. The van der Waals surface area contributed by atoms with E-state index in [-0.39, 0.29) is 30.1 Å². The van der Waals surface area contributed by atoms with Crippen molar-refractivity contribution in [1.82, 2.24) is 0 Å². The second kappa shape index (κ2) is 10.5. The molecule has 0 saturated heterocycles. The molecule has 6 rings (SSSR count). The maximum absolute atomic E-state index is 15.2. The molecule has 0 heterocycles. The van der Waals surface area contributed by atoms with Gasteiger partial charge in [0.05, 0.1) is 5.56 Å². The van der Waals surface area contributed by atoms with Gasteiger partial charge in [0.1, 0.15) is 5.60 Å². The van der Waals surface area contributed by atoms with Crippen LogP contribution in [0, 0.1) is 17.3 Å². The molecule has 10 heteroatoms. The highest BCUT2D eigenvalue weighted by Crippen LogP contribution is 2.70. The number of nitrogens with one attached hydrogen (secondary N) is 1. The number of ketones is 1. The monoisotopic (exact) mass is 615 g/mol. The summed E-state index contributed by atoms with van der Waals surface area (Å²) in [6.45, 7) is 1.84. The topological polar surface area (TPSA) is 86.6 Å². The third kappa shape index (κ3) is 4.68. The van der Waals surface area contributed by atoms with Crippen LogP contribution in [0.1, 0.15) is 79.3 Å². The first-order valence-corrected chi connectivity index (χ1v) is 15.0. The Bertz CT molecular complexity index is 1540. The van der Waals surface area contributed by atoms with E-state index in [1.807, 2.05) is 24.3 Å². The third-order valence-electron chi connectivity index (χ3n) is 10.8. The van der Waals surface area contributed by atoms with Crippen molar-refractivity contribution < 1.29 is 41.8 Å². The lowest BCUT2D eigenvalue weighted by Gasteiger charge is -2.56. The van der Waals surface area contributed by atoms with Crippen LogP contribution in [0.15, 0.2) is 71.3 Å². The molecule has 0 amide bonds. The van der Waals surface area contributed by atoms with Crippen LogP contribution in [-0.4, -0.2) is 39.7 Å². The van der Waals surface area contributed by atoms with Crippen molar-refractivity contribution in [1.29, 1.82) is 0 Å². The zero-order valence-corrected chi connectivity index (χ0v) is 24.2. The smallest absolute Gasteiger partial charge is 0.456 e. The van der Waals surface area contributed by atoms with Crippen molar-refractivity contribution in [3.63, 3.8) is 0 Å². The van der Waals surface area contributed by atoms with Gasteiger partial charge in [-0.05, 0) is 103 Å². The Morgan fingerprint density at radius 3 is 2.30 bits per heavy atom. The number of allylic oxidation sites excluding steroid dienone is 4. The van der Waals surface area contributed by atoms with E-state index in [2.05, 4.69) is 5.32 Å². The first kappa shape index (κ1) is 30.5. The van der Waals surface area contributed by atoms with Gasteiger partial charge < -0.3 is 15.5 Å². The summed E-state index contributed by atoms with van der Waals surface area (Å²) in [6.07, 6.45) is -2.92. The average Bonchev–Trinajstić information content (AvgIpc) is 3.26. The predicted molar refractivity (Wildman–Crippen MR) is 153 cm³/mol. The lowest BCUT2D eigenvalue weighted by atomic mass is 9.50. The van der Waals surface area contributed by atoms with Crippen molar-refractivity contribution in [2.24, 2.45) is 17.3 Å². The molecule has 4 aliphatic rings. The Morgan fingerprint density at radius 2 is 1.66 bits per heavy atom. The fourth-order valence-electron chi connectivity index (χ4n) is 8.52. The number of carbonyl (C=O) groups excluding carboxylic acids is 1. The number of aromatic carboxylic acids is 1. The number of rotatable bonds is 6. The molecule has 2 aromatic carbocycles. The maximum atomic E-state index is 15.2. The number of carbonyl (C=O) groups is 2. The predicted octanol–water partition coefficient (Wildman–Crippen LogP) is 7.83. The molecule has 0 spiro atoms. The Morgan fingerprint density at radius 1 is 0.977 bits per heavy atom. The summed E-state index contributed by atoms with van der Waals surface area (Å²) in [5.74, 6) is -7.57. The molecule has 0 aliphatic heterocycles. The summed E-state index contributed by atoms with van der Waals surface area (Å²) < 4.78 is 71.7. The number of halogens is 5. The van der Waals surface area contributed by atoms with Gasteiger partial charge in [-0.1, -0.05) is 36.8 Å². The van der Waals surface area contributed by atoms with E-state index in [9.17, 15) is 27.9 Å². The summed E-state index contributed by atoms with van der Waals surface area (Å²) in [4.78, 5) is 23.3. The highest BCUT2D eigenvalue weighted by atomic mass is 19.4. The second-order valence-electron chi connectivity index (χ2n) is 12.9. The molecular weight excluding hydrogens is 581 g/mol. The van der Waals surface area contributed by atoms with Crippen molar-refractivity contribution in [2.75, 3.05) is 5.32 Å². The van der Waals surface area contributed by atoms with Gasteiger partial charge in [0.15, 0.2) is 5.78 Å². The molecule has 0 radical (unpaired) electrons. The van der Waals surface area contributed by atoms with Gasteiger partial charge in [0.2, 0.25) is 0 Å². The van der Waals surface area contributed by atoms with Gasteiger partial charge >= 0.3 is 18.1 Å². The van der Waals surface area contributed by atoms with E-state index in [0.29, 0.717) is 32.2 Å². The molecule has 2 aromatic rings. The molecular formula is C34H34F5NO4. The van der Waals surface area contributed by atoms with Crippen LogP contribution >= 0.6 is 0 Å². The Hall–Kier alpha value is -3.53. The Kier molecular flexibility index (Phi) is 7.30. The van der Waals surface area contributed by atoms with Crippen molar-refractivity contribution in [3.05, 3.63) is 88.0 Å². The lowest BCUT2D eigenvalue weighted by molar-refractivity contribution is -0.362. The molecule has 4 aliphatic carbocycles. The van der Waals surface area contributed by atoms with Crippen LogP contribution in [0.25, 0.3) is 0 Å². The number of benzene rings is 2. The minimum atomic E-state index is -5.89. The molecule has 5 nitrogen and oxygen atoms in total. The van der Waals surface area contributed by atoms with Crippen LogP contribution in [0.4, 0.5) is 27.6 Å². The van der Waals surface area contributed by atoms with E-state index in [1.54, 1.807) is 18.2 Å². The molecule has 2 fully saturated rings. The van der Waals surface area contributed by atoms with Crippen LogP contribution in [0.5, 0.6) is 0 Å². The number of hydrogen-bond acceptors (Lipinski definition) is 4. The lowest BCUT2D eigenvalue weighted by Crippen LogP contribution is -2.65. The number of hydrogen-bond donors (Lipinski definition) is 3. The van der Waals surface area contributed by atoms with Gasteiger partial charge in [-0.2, -0.15) is 22.0 Å². The number of carboxylic acid groups (broad SMARTS) is 1. The fraction of sp³-hybridized carbons (Fsp3) is 0.471. The zero-order chi connectivity index (χ0) is 31.7. The first-order chi connectivity index (χ1) is 20.7. The molecule has 3 N–H and O–H groups in total. The average molecular weight is 616 g/mol. The summed E-state index contributed by atoms with van der Waals surface area (Å²) in [6, 6.07) is 13.8. The van der Waals surface area contributed by atoms with Crippen LogP contribution < -0.4 is 5.32 Å². The van der Waals surface area contributed by atoms with Gasteiger partial charge in [0, 0.05) is 30.0 Å². The number of anilines is 1. The first-order valence-electron chi connectivity index (χ1n) is 15.0. The fourth-order valence-corrected chi connectivity index (χ4v) is 8.52. The van der Waals surface area contributed by atoms with Crippen LogP contribution in [0.3, 0.4) is 0 Å². The summed E-state index contributed by atoms with van der Waals surface area (Å²) in [5.41, 5.74) is 0.609. The van der Waals surface area contributed by atoms with Crippen molar-refractivity contribution in [2.45, 2.75) is 82.0 Å². The number of carboxylic acids is 1. The van der Waals surface area contributed by atoms with E-state index >= 15 is 8.78 Å². The largest absolute Gasteiger partial charge is 0.478 e. The van der Waals surface area contributed by atoms with E-state index in [1.165, 1.54) is 19.1 Å². The Balaban J connectivity index is 1.36. The normalized spacial score (nSPS) is 30.3. The molecule has 5 atom stereocenters. The summed E-state index contributed by atoms with van der Waals surface area (Å²) >= 11 is 0. The minimum absolute atomic E-state index is 0.0366. The minimum Gasteiger partial charge on any atom is -0.478 e. The van der Waals surface area contributed by atoms with Gasteiger partial charge in [-0.3, -0.25) is 4.79 Å². The standard InChI is InChI=1S/C34H34F5NO4/c1-31-17-27(20-4-2-19(3-5-20)18-40-23-9-6-21(7-10-23)30(42)43)29-25-13-11-24(41)16-22(25)8-12-26(29)28(31)14-15-32(31,44)33(35,36)34(37,38)39/h2-7,9-10,16,26-28,40,44H,8,11-15,17-18H2,1H3,(H,42,43)/t26-,27+,28-,31-,32-/m0/s1. The van der Waals surface area contributed by atoms with Gasteiger partial charge in [0.25, 0.3) is 0 Å². The van der Waals surface area contributed by atoms with Gasteiger partial charge in [-0.15, -0.1) is 0 Å². The molecule has 2 saturated carbocycles. The van der Waals surface area contributed by atoms with Crippen molar-refractivity contribution >= 4 is 17.4 Å². The maximum Gasteiger partial charge on any atom is 0.456 e. The van der Waals surface area contributed by atoms with E-state index in [4.69, 9.17) is 5.11 Å². The number of aliphatic hydroxyl groups is 1.